The fourth-order valence-electron chi connectivity index (χ4n) is 3.67. The molecule has 3 heterocycles. The average molecular weight is 417 g/mol. The van der Waals surface area contributed by atoms with Crippen molar-refractivity contribution >= 4 is 5.91 Å². The molecule has 1 saturated heterocycles. The molecular weight excluding hydrogens is 399 g/mol. The molecule has 1 unspecified atom stereocenters. The minimum absolute atomic E-state index is 0.0985. The summed E-state index contributed by atoms with van der Waals surface area (Å²) in [4.78, 5) is 30.6. The summed E-state index contributed by atoms with van der Waals surface area (Å²) in [5.74, 6) is -0.213. The minimum atomic E-state index is -4.63. The topological polar surface area (TPSA) is 73.0 Å². The molecule has 1 aliphatic rings. The predicted molar refractivity (Wildman–Crippen MR) is 101 cm³/mol. The summed E-state index contributed by atoms with van der Waals surface area (Å²) in [5, 5.41) is 4.31. The Kier molecular flexibility index (Phi) is 5.15. The van der Waals surface area contributed by atoms with Gasteiger partial charge in [0, 0.05) is 25.0 Å². The van der Waals surface area contributed by atoms with Crippen LogP contribution in [0.5, 0.6) is 0 Å². The van der Waals surface area contributed by atoms with Gasteiger partial charge in [-0.1, -0.05) is 12.1 Å². The van der Waals surface area contributed by atoms with Gasteiger partial charge in [0.05, 0.1) is 23.7 Å². The van der Waals surface area contributed by atoms with Crippen LogP contribution in [0.4, 0.5) is 13.2 Å². The first-order valence-electron chi connectivity index (χ1n) is 9.38. The van der Waals surface area contributed by atoms with E-state index in [4.69, 9.17) is 0 Å². The van der Waals surface area contributed by atoms with Crippen molar-refractivity contribution in [3.05, 3.63) is 76.6 Å². The monoisotopic (exact) mass is 417 g/mol. The van der Waals surface area contributed by atoms with Gasteiger partial charge in [-0.2, -0.15) is 18.3 Å². The van der Waals surface area contributed by atoms with Crippen molar-refractivity contribution in [1.29, 1.82) is 0 Å². The Bertz CT molecular complexity index is 1110. The number of hydrogen-bond donors (Lipinski definition) is 0. The van der Waals surface area contributed by atoms with Crippen molar-refractivity contribution in [1.82, 2.24) is 24.2 Å². The summed E-state index contributed by atoms with van der Waals surface area (Å²) >= 11 is 0. The third-order valence-electron chi connectivity index (χ3n) is 5.11. The molecule has 1 aliphatic heterocycles. The smallest absolute Gasteiger partial charge is 0.334 e. The van der Waals surface area contributed by atoms with Crippen LogP contribution in [0.1, 0.15) is 28.8 Å². The van der Waals surface area contributed by atoms with E-state index in [9.17, 15) is 22.8 Å². The SMILES string of the molecule is O=C(c1ccccc1C(F)(F)F)N1CCCC1Cn1nc(-n2ccnc2)ccc1=O. The number of aromatic nitrogens is 4. The number of halogens is 3. The standard InChI is InChI=1S/C20H18F3N5O2/c21-20(22,23)16-6-2-1-5-15(16)19(30)27-10-3-4-14(27)12-28-18(29)8-7-17(25-28)26-11-9-24-13-26/h1-2,5-9,11,13-14H,3-4,10,12H2. The largest absolute Gasteiger partial charge is 0.417 e. The second kappa shape index (κ2) is 7.77. The molecule has 0 spiro atoms. The lowest BCUT2D eigenvalue weighted by Gasteiger charge is -2.26. The lowest BCUT2D eigenvalue weighted by atomic mass is 10.1. The Balaban J connectivity index is 1.61. The predicted octanol–water partition coefficient (Wildman–Crippen LogP) is 2.75. The van der Waals surface area contributed by atoms with Gasteiger partial charge in [0.1, 0.15) is 6.33 Å². The van der Waals surface area contributed by atoms with Gasteiger partial charge in [0.15, 0.2) is 5.82 Å². The number of likely N-dealkylation sites (tertiary alicyclic amines) is 1. The van der Waals surface area contributed by atoms with Crippen LogP contribution in [0.25, 0.3) is 5.82 Å². The molecule has 0 aliphatic carbocycles. The van der Waals surface area contributed by atoms with Crippen LogP contribution in [-0.4, -0.2) is 42.7 Å². The van der Waals surface area contributed by atoms with Crippen LogP contribution in [0.3, 0.4) is 0 Å². The normalized spacial score (nSPS) is 16.8. The van der Waals surface area contributed by atoms with Gasteiger partial charge in [-0.05, 0) is 31.0 Å². The molecule has 7 nitrogen and oxygen atoms in total. The second-order valence-corrected chi connectivity index (χ2v) is 7.02. The molecule has 30 heavy (non-hydrogen) atoms. The zero-order chi connectivity index (χ0) is 21.3. The summed E-state index contributed by atoms with van der Waals surface area (Å²) in [6, 6.07) is 7.24. The van der Waals surface area contributed by atoms with E-state index in [2.05, 4.69) is 10.1 Å². The fourth-order valence-corrected chi connectivity index (χ4v) is 3.67. The first-order chi connectivity index (χ1) is 14.3. The molecule has 1 fully saturated rings. The number of imidazole rings is 1. The second-order valence-electron chi connectivity index (χ2n) is 7.02. The average Bonchev–Trinajstić information content (AvgIpc) is 3.41. The van der Waals surface area contributed by atoms with Crippen molar-refractivity contribution in [3.8, 4) is 5.82 Å². The van der Waals surface area contributed by atoms with Gasteiger partial charge >= 0.3 is 6.18 Å². The highest BCUT2D eigenvalue weighted by atomic mass is 19.4. The minimum Gasteiger partial charge on any atom is -0.334 e. The van der Waals surface area contributed by atoms with Gasteiger partial charge in [-0.25, -0.2) is 9.67 Å². The van der Waals surface area contributed by atoms with E-state index in [-0.39, 0.29) is 17.7 Å². The highest BCUT2D eigenvalue weighted by molar-refractivity contribution is 5.96. The molecule has 2 aromatic heterocycles. The summed E-state index contributed by atoms with van der Waals surface area (Å²) in [7, 11) is 0. The molecule has 0 N–H and O–H groups in total. The molecule has 3 aromatic rings. The van der Waals surface area contributed by atoms with Crippen LogP contribution in [0.2, 0.25) is 0 Å². The van der Waals surface area contributed by atoms with Gasteiger partial charge in [0.2, 0.25) is 0 Å². The van der Waals surface area contributed by atoms with E-state index in [0.717, 1.165) is 6.07 Å². The van der Waals surface area contributed by atoms with Crippen molar-refractivity contribution in [2.24, 2.45) is 0 Å². The lowest BCUT2D eigenvalue weighted by Crippen LogP contribution is -2.41. The molecule has 1 atom stereocenters. The molecule has 1 aromatic carbocycles. The fraction of sp³-hybridized carbons (Fsp3) is 0.300. The molecule has 10 heteroatoms. The highest BCUT2D eigenvalue weighted by Gasteiger charge is 2.38. The number of hydrogen-bond acceptors (Lipinski definition) is 4. The molecule has 0 radical (unpaired) electrons. The molecule has 0 bridgehead atoms. The Labute approximate surface area is 169 Å². The summed E-state index contributed by atoms with van der Waals surface area (Å²) in [6.07, 6.45) is 1.38. The number of carbonyl (C=O) groups is 1. The zero-order valence-corrected chi connectivity index (χ0v) is 15.8. The van der Waals surface area contributed by atoms with Gasteiger partial charge < -0.3 is 4.90 Å². The summed E-state index contributed by atoms with van der Waals surface area (Å²) in [6.45, 7) is 0.424. The molecule has 156 valence electrons. The van der Waals surface area contributed by atoms with Crippen molar-refractivity contribution in [2.75, 3.05) is 6.54 Å². The van der Waals surface area contributed by atoms with Crippen LogP contribution in [0.15, 0.2) is 59.9 Å². The Hall–Kier alpha value is -3.43. The highest BCUT2D eigenvalue weighted by Crippen LogP contribution is 2.33. The van der Waals surface area contributed by atoms with Gasteiger partial charge in [-0.3, -0.25) is 14.2 Å². The van der Waals surface area contributed by atoms with Crippen LogP contribution < -0.4 is 5.56 Å². The maximum Gasteiger partial charge on any atom is 0.417 e. The van der Waals surface area contributed by atoms with E-state index >= 15 is 0 Å². The first-order valence-corrected chi connectivity index (χ1v) is 9.38. The van der Waals surface area contributed by atoms with Gasteiger partial charge in [-0.15, -0.1) is 0 Å². The first kappa shape index (κ1) is 19.9. The van der Waals surface area contributed by atoms with Gasteiger partial charge in [0.25, 0.3) is 11.5 Å². The van der Waals surface area contributed by atoms with E-state index in [1.807, 2.05) is 0 Å². The zero-order valence-electron chi connectivity index (χ0n) is 15.8. The van der Waals surface area contributed by atoms with Crippen molar-refractivity contribution in [2.45, 2.75) is 31.6 Å². The third-order valence-corrected chi connectivity index (χ3v) is 5.11. The summed E-state index contributed by atoms with van der Waals surface area (Å²) in [5.41, 5.74) is -1.70. The quantitative estimate of drug-likeness (QED) is 0.655. The van der Waals surface area contributed by atoms with Crippen molar-refractivity contribution < 1.29 is 18.0 Å². The lowest BCUT2D eigenvalue weighted by molar-refractivity contribution is -0.138. The van der Waals surface area contributed by atoms with Crippen molar-refractivity contribution in [3.63, 3.8) is 0 Å². The molecule has 1 amide bonds. The van der Waals surface area contributed by atoms with E-state index in [1.165, 1.54) is 40.2 Å². The number of benzene rings is 1. The van der Waals surface area contributed by atoms with E-state index < -0.39 is 23.7 Å². The number of alkyl halides is 3. The number of nitrogens with zero attached hydrogens (tertiary/aromatic N) is 5. The van der Waals surface area contributed by atoms with Crippen LogP contribution in [-0.2, 0) is 12.7 Å². The van der Waals surface area contributed by atoms with E-state index in [0.29, 0.717) is 25.2 Å². The molecular formula is C20H18F3N5O2. The van der Waals surface area contributed by atoms with Crippen LogP contribution >= 0.6 is 0 Å². The van der Waals surface area contributed by atoms with E-state index in [1.54, 1.807) is 23.0 Å². The Morgan fingerprint density at radius 3 is 2.70 bits per heavy atom. The number of carbonyl (C=O) groups excluding carboxylic acids is 1. The summed E-state index contributed by atoms with van der Waals surface area (Å²) < 4.78 is 42.9. The number of rotatable bonds is 4. The van der Waals surface area contributed by atoms with Crippen LogP contribution in [0, 0.1) is 0 Å². The molecule has 0 saturated carbocycles. The third kappa shape index (κ3) is 3.85. The maximum atomic E-state index is 13.3. The Morgan fingerprint density at radius 2 is 1.97 bits per heavy atom. The number of amides is 1. The maximum absolute atomic E-state index is 13.3. The molecule has 4 rings (SSSR count). The Morgan fingerprint density at radius 1 is 1.17 bits per heavy atom.